The Kier molecular flexibility index (Phi) is 5.00. The highest BCUT2D eigenvalue weighted by Crippen LogP contribution is 2.31. The number of nitrogens with zero attached hydrogens (tertiary/aromatic N) is 3. The van der Waals surface area contributed by atoms with Gasteiger partial charge < -0.3 is 8.94 Å². The first-order chi connectivity index (χ1) is 13.5. The molecule has 0 aliphatic heterocycles. The van der Waals surface area contributed by atoms with E-state index in [1.165, 1.54) is 35.0 Å². The van der Waals surface area contributed by atoms with Crippen LogP contribution in [0.5, 0.6) is 0 Å². The number of rotatable bonds is 5. The van der Waals surface area contributed by atoms with Crippen molar-refractivity contribution in [3.8, 4) is 22.8 Å². The molecule has 0 bridgehead atoms. The lowest BCUT2D eigenvalue weighted by atomic mass is 10.1. The van der Waals surface area contributed by atoms with Crippen LogP contribution in [0.3, 0.4) is 0 Å². The molecule has 0 amide bonds. The summed E-state index contributed by atoms with van der Waals surface area (Å²) in [7, 11) is 0. The minimum absolute atomic E-state index is 0.285. The maximum atomic E-state index is 13.1. The van der Waals surface area contributed by atoms with Crippen LogP contribution < -0.4 is 0 Å². The van der Waals surface area contributed by atoms with E-state index in [2.05, 4.69) is 29.2 Å². The molecule has 0 atom stereocenters. The van der Waals surface area contributed by atoms with Gasteiger partial charge in [0.1, 0.15) is 5.82 Å². The second-order valence-electron chi connectivity index (χ2n) is 6.55. The van der Waals surface area contributed by atoms with Crippen LogP contribution in [-0.4, -0.2) is 15.4 Å². The highest BCUT2D eigenvalue weighted by atomic mass is 32.2. The molecule has 0 radical (unpaired) electrons. The van der Waals surface area contributed by atoms with Crippen LogP contribution >= 0.6 is 11.8 Å². The van der Waals surface area contributed by atoms with Crippen LogP contribution in [0.1, 0.15) is 22.4 Å². The van der Waals surface area contributed by atoms with E-state index in [0.29, 0.717) is 22.6 Å². The topological polar surface area (TPSA) is 65.0 Å². The van der Waals surface area contributed by atoms with E-state index in [1.807, 2.05) is 25.1 Å². The van der Waals surface area contributed by atoms with E-state index in [-0.39, 0.29) is 5.82 Å². The molecule has 5 nitrogen and oxygen atoms in total. The number of hydrogen-bond acceptors (Lipinski definition) is 6. The normalized spacial score (nSPS) is 11.1. The molecule has 0 unspecified atom stereocenters. The van der Waals surface area contributed by atoms with Gasteiger partial charge in [0, 0.05) is 22.4 Å². The van der Waals surface area contributed by atoms with Crippen molar-refractivity contribution in [1.29, 1.82) is 0 Å². The fraction of sp³-hybridized carbons (Fsp3) is 0.190. The van der Waals surface area contributed by atoms with E-state index in [1.54, 1.807) is 12.1 Å². The first-order valence-electron chi connectivity index (χ1n) is 8.76. The molecule has 142 valence electrons. The summed E-state index contributed by atoms with van der Waals surface area (Å²) in [6, 6.07) is 12.2. The average Bonchev–Trinajstić information content (AvgIpc) is 3.30. The first-order valence-corrected chi connectivity index (χ1v) is 9.75. The van der Waals surface area contributed by atoms with Gasteiger partial charge in [0.05, 0.1) is 5.69 Å². The SMILES string of the molecule is Cc1ccc(-c2nnc(SCc3noc(-c4ccc(F)cc4)c3C)o2)cc1C. The first kappa shape index (κ1) is 18.4. The molecule has 0 aliphatic rings. The predicted octanol–water partition coefficient (Wildman–Crippen LogP) is 5.75. The number of hydrogen-bond donors (Lipinski definition) is 0. The van der Waals surface area contributed by atoms with Crippen molar-refractivity contribution in [1.82, 2.24) is 15.4 Å². The van der Waals surface area contributed by atoms with Gasteiger partial charge in [-0.15, -0.1) is 10.2 Å². The lowest BCUT2D eigenvalue weighted by molar-refractivity contribution is 0.426. The molecule has 2 aromatic heterocycles. The molecule has 4 aromatic rings. The third-order valence-electron chi connectivity index (χ3n) is 4.62. The lowest BCUT2D eigenvalue weighted by Gasteiger charge is -2.00. The third kappa shape index (κ3) is 3.71. The Hall–Kier alpha value is -2.93. The standard InChI is InChI=1S/C21H18FN3O2S/c1-12-4-5-16(10-13(12)2)20-23-24-21(26-20)28-11-18-14(3)19(27-25-18)15-6-8-17(22)9-7-15/h4-10H,11H2,1-3H3. The minimum Gasteiger partial charge on any atom is -0.411 e. The molecule has 0 aliphatic carbocycles. The van der Waals surface area contributed by atoms with Gasteiger partial charge in [-0.3, -0.25) is 0 Å². The third-order valence-corrected chi connectivity index (χ3v) is 5.45. The summed E-state index contributed by atoms with van der Waals surface area (Å²) >= 11 is 1.40. The van der Waals surface area contributed by atoms with Gasteiger partial charge in [-0.25, -0.2) is 4.39 Å². The number of halogens is 1. The van der Waals surface area contributed by atoms with E-state index < -0.39 is 0 Å². The van der Waals surface area contributed by atoms with Crippen molar-refractivity contribution < 1.29 is 13.3 Å². The highest BCUT2D eigenvalue weighted by molar-refractivity contribution is 7.98. The van der Waals surface area contributed by atoms with Crippen molar-refractivity contribution in [2.45, 2.75) is 31.7 Å². The minimum atomic E-state index is -0.285. The summed E-state index contributed by atoms with van der Waals surface area (Å²) in [5.41, 5.74) is 5.78. The Morgan fingerprint density at radius 3 is 2.43 bits per heavy atom. The molecule has 0 saturated heterocycles. The van der Waals surface area contributed by atoms with Crippen LogP contribution in [0.15, 0.2) is 56.6 Å². The summed E-state index contributed by atoms with van der Waals surface area (Å²) < 4.78 is 24.3. The van der Waals surface area contributed by atoms with Crippen LogP contribution in [0, 0.1) is 26.6 Å². The molecule has 0 fully saturated rings. The molecule has 0 saturated carbocycles. The summed E-state index contributed by atoms with van der Waals surface area (Å²) in [5, 5.41) is 12.9. The van der Waals surface area contributed by atoms with Gasteiger partial charge >= 0.3 is 0 Å². The second kappa shape index (κ2) is 7.59. The number of aromatic nitrogens is 3. The van der Waals surface area contributed by atoms with Gasteiger partial charge in [-0.1, -0.05) is 23.0 Å². The fourth-order valence-corrected chi connectivity index (χ4v) is 3.53. The predicted molar refractivity (Wildman–Crippen MR) is 105 cm³/mol. The Labute approximate surface area is 166 Å². The van der Waals surface area contributed by atoms with E-state index in [4.69, 9.17) is 8.94 Å². The number of aryl methyl sites for hydroxylation is 2. The van der Waals surface area contributed by atoms with Gasteiger partial charge in [-0.05, 0) is 68.3 Å². The van der Waals surface area contributed by atoms with Crippen molar-refractivity contribution in [2.24, 2.45) is 0 Å². The maximum absolute atomic E-state index is 13.1. The monoisotopic (exact) mass is 395 g/mol. The van der Waals surface area contributed by atoms with Crippen LogP contribution in [0.25, 0.3) is 22.8 Å². The Balaban J connectivity index is 1.47. The molecule has 2 aromatic carbocycles. The van der Waals surface area contributed by atoms with Gasteiger partial charge in [-0.2, -0.15) is 0 Å². The lowest BCUT2D eigenvalue weighted by Crippen LogP contribution is -1.85. The summed E-state index contributed by atoms with van der Waals surface area (Å²) in [6.45, 7) is 6.05. The van der Waals surface area contributed by atoms with E-state index in [9.17, 15) is 4.39 Å². The average molecular weight is 395 g/mol. The molecule has 28 heavy (non-hydrogen) atoms. The summed E-state index contributed by atoms with van der Waals surface area (Å²) in [6.07, 6.45) is 0. The Morgan fingerprint density at radius 1 is 0.929 bits per heavy atom. The molecule has 0 N–H and O–H groups in total. The highest BCUT2D eigenvalue weighted by Gasteiger charge is 2.16. The Bertz CT molecular complexity index is 1120. The van der Waals surface area contributed by atoms with Crippen molar-refractivity contribution in [2.75, 3.05) is 0 Å². The van der Waals surface area contributed by atoms with E-state index >= 15 is 0 Å². The molecule has 4 rings (SSSR count). The maximum Gasteiger partial charge on any atom is 0.277 e. The zero-order chi connectivity index (χ0) is 19.7. The molecule has 2 heterocycles. The van der Waals surface area contributed by atoms with Crippen LogP contribution in [-0.2, 0) is 5.75 Å². The van der Waals surface area contributed by atoms with Crippen molar-refractivity contribution >= 4 is 11.8 Å². The van der Waals surface area contributed by atoms with Crippen LogP contribution in [0.2, 0.25) is 0 Å². The van der Waals surface area contributed by atoms with Gasteiger partial charge in [0.2, 0.25) is 5.89 Å². The number of thioether (sulfide) groups is 1. The number of benzene rings is 2. The zero-order valence-electron chi connectivity index (χ0n) is 15.7. The van der Waals surface area contributed by atoms with Gasteiger partial charge in [0.15, 0.2) is 5.76 Å². The largest absolute Gasteiger partial charge is 0.411 e. The fourth-order valence-electron chi connectivity index (χ4n) is 2.76. The van der Waals surface area contributed by atoms with Crippen molar-refractivity contribution in [3.05, 3.63) is 70.7 Å². The summed E-state index contributed by atoms with van der Waals surface area (Å²) in [5.74, 6) is 1.38. The van der Waals surface area contributed by atoms with Crippen molar-refractivity contribution in [3.63, 3.8) is 0 Å². The smallest absolute Gasteiger partial charge is 0.277 e. The molecular weight excluding hydrogens is 377 g/mol. The molecule has 0 spiro atoms. The quantitative estimate of drug-likeness (QED) is 0.401. The molecular formula is C21H18FN3O2S. The zero-order valence-corrected chi connectivity index (χ0v) is 16.5. The van der Waals surface area contributed by atoms with Gasteiger partial charge in [0.25, 0.3) is 5.22 Å². The summed E-state index contributed by atoms with van der Waals surface area (Å²) in [4.78, 5) is 0. The second-order valence-corrected chi connectivity index (χ2v) is 7.48. The molecule has 7 heteroatoms. The Morgan fingerprint density at radius 2 is 1.68 bits per heavy atom. The van der Waals surface area contributed by atoms with Crippen LogP contribution in [0.4, 0.5) is 4.39 Å². The van der Waals surface area contributed by atoms with E-state index in [0.717, 1.165) is 22.4 Å².